The molecule has 0 radical (unpaired) electrons. The summed E-state index contributed by atoms with van der Waals surface area (Å²) in [4.78, 5) is 30.2. The van der Waals surface area contributed by atoms with Crippen molar-refractivity contribution < 1.29 is 48.7 Å². The Labute approximate surface area is 130 Å². The number of carbonyl (C=O) groups excluding carboxylic acids is 1. The Morgan fingerprint density at radius 1 is 1.09 bits per heavy atom. The monoisotopic (exact) mass is 335 g/mol. The van der Waals surface area contributed by atoms with Gasteiger partial charge in [0.2, 0.25) is 0 Å². The molecule has 2 aliphatic heterocycles. The van der Waals surface area contributed by atoms with Crippen molar-refractivity contribution in [1.82, 2.24) is 0 Å². The zero-order valence-corrected chi connectivity index (χ0v) is 12.0. The van der Waals surface area contributed by atoms with Crippen LogP contribution in [0, 0.1) is 11.3 Å². The standard InChI is InChI=1S/C6H7NO7.C6H10O3/c7-3(13-5(9)10)1-2-4(8)14-6(11)12;7-5-3-9-6-4(5)1-2-8-6/h7H,1-2H2,(H,9,10)(H,11,12);4-7H,1-3H2. The molecule has 0 aliphatic carbocycles. The first-order valence-corrected chi connectivity index (χ1v) is 6.62. The summed E-state index contributed by atoms with van der Waals surface area (Å²) in [7, 11) is 0. The van der Waals surface area contributed by atoms with Crippen molar-refractivity contribution in [3.05, 3.63) is 0 Å². The molecule has 0 saturated carbocycles. The van der Waals surface area contributed by atoms with Gasteiger partial charge < -0.3 is 34.3 Å². The fraction of sp³-hybridized carbons (Fsp3) is 0.667. The number of hydrogen-bond donors (Lipinski definition) is 4. The Morgan fingerprint density at radius 3 is 2.30 bits per heavy atom. The van der Waals surface area contributed by atoms with E-state index in [2.05, 4.69) is 9.47 Å². The summed E-state index contributed by atoms with van der Waals surface area (Å²) in [5, 5.41) is 32.0. The normalized spacial score (nSPS) is 24.8. The number of hydrogen-bond acceptors (Lipinski definition) is 9. The first-order valence-electron chi connectivity index (χ1n) is 6.62. The average molecular weight is 335 g/mol. The van der Waals surface area contributed by atoms with Crippen LogP contribution in [0.5, 0.6) is 0 Å². The molecule has 0 spiro atoms. The van der Waals surface area contributed by atoms with Gasteiger partial charge >= 0.3 is 18.3 Å². The molecule has 0 amide bonds. The van der Waals surface area contributed by atoms with Crippen molar-refractivity contribution in [3.63, 3.8) is 0 Å². The SMILES string of the molecule is N=C(CCC(=O)OC(=O)O)OC(=O)O.OC1COC2OCCC12. The van der Waals surface area contributed by atoms with Gasteiger partial charge in [-0.1, -0.05) is 0 Å². The number of rotatable bonds is 3. The number of fused-ring (bicyclic) bond motifs is 1. The van der Waals surface area contributed by atoms with Crippen molar-refractivity contribution in [3.8, 4) is 0 Å². The van der Waals surface area contributed by atoms with Crippen LogP contribution in [0.25, 0.3) is 0 Å². The van der Waals surface area contributed by atoms with Crippen LogP contribution in [-0.2, 0) is 23.7 Å². The van der Waals surface area contributed by atoms with Crippen LogP contribution in [0.3, 0.4) is 0 Å². The van der Waals surface area contributed by atoms with Gasteiger partial charge in [0.15, 0.2) is 12.2 Å². The first-order chi connectivity index (χ1) is 10.8. The van der Waals surface area contributed by atoms with E-state index in [-0.39, 0.29) is 24.7 Å². The van der Waals surface area contributed by atoms with Gasteiger partial charge in [0, 0.05) is 12.3 Å². The van der Waals surface area contributed by atoms with Crippen LogP contribution in [-0.4, -0.2) is 65.1 Å². The lowest BCUT2D eigenvalue weighted by Gasteiger charge is -2.06. The summed E-state index contributed by atoms with van der Waals surface area (Å²) in [6, 6.07) is 0. The van der Waals surface area contributed by atoms with E-state index in [0.717, 1.165) is 13.0 Å². The zero-order valence-electron chi connectivity index (χ0n) is 12.0. The smallest absolute Gasteiger partial charge is 0.449 e. The fourth-order valence-electron chi connectivity index (χ4n) is 1.96. The second-order valence-corrected chi connectivity index (χ2v) is 4.62. The minimum atomic E-state index is -1.75. The summed E-state index contributed by atoms with van der Waals surface area (Å²) >= 11 is 0. The molecule has 2 rings (SSSR count). The van der Waals surface area contributed by atoms with E-state index in [1.54, 1.807) is 0 Å². The molecule has 2 saturated heterocycles. The molecule has 4 N–H and O–H groups in total. The Kier molecular flexibility index (Phi) is 7.38. The number of aliphatic hydroxyl groups is 1. The van der Waals surface area contributed by atoms with Crippen LogP contribution in [0.1, 0.15) is 19.3 Å². The molecule has 3 unspecified atom stereocenters. The summed E-state index contributed by atoms with van der Waals surface area (Å²) in [6.07, 6.45) is -3.61. The number of esters is 1. The van der Waals surface area contributed by atoms with Gasteiger partial charge in [-0.25, -0.2) is 9.59 Å². The highest BCUT2D eigenvalue weighted by Crippen LogP contribution is 2.30. The zero-order chi connectivity index (χ0) is 17.4. The van der Waals surface area contributed by atoms with E-state index in [9.17, 15) is 19.5 Å². The molecule has 0 bridgehead atoms. The van der Waals surface area contributed by atoms with Crippen LogP contribution < -0.4 is 0 Å². The lowest BCUT2D eigenvalue weighted by molar-refractivity contribution is -0.138. The minimum absolute atomic E-state index is 0.0972. The van der Waals surface area contributed by atoms with Gasteiger partial charge in [0.05, 0.1) is 25.7 Å². The van der Waals surface area contributed by atoms with Crippen molar-refractivity contribution in [2.24, 2.45) is 5.92 Å². The summed E-state index contributed by atoms with van der Waals surface area (Å²) in [5.41, 5.74) is 0. The Hall–Kier alpha value is -2.24. The van der Waals surface area contributed by atoms with Crippen LogP contribution in [0.15, 0.2) is 0 Å². The van der Waals surface area contributed by atoms with Gasteiger partial charge in [0.1, 0.15) is 0 Å². The third-order valence-corrected chi connectivity index (χ3v) is 2.98. The Morgan fingerprint density at radius 2 is 1.74 bits per heavy atom. The molecular formula is C12H17NO10. The van der Waals surface area contributed by atoms with E-state index in [1.165, 1.54) is 0 Å². The molecule has 11 heteroatoms. The van der Waals surface area contributed by atoms with Crippen LogP contribution in [0.4, 0.5) is 9.59 Å². The molecule has 3 atom stereocenters. The van der Waals surface area contributed by atoms with Gasteiger partial charge in [-0.2, -0.15) is 0 Å². The third kappa shape index (κ3) is 7.04. The highest BCUT2D eigenvalue weighted by atomic mass is 16.7. The Bertz CT molecular complexity index is 437. The molecular weight excluding hydrogens is 318 g/mol. The highest BCUT2D eigenvalue weighted by molar-refractivity contribution is 5.87. The first kappa shape index (κ1) is 18.8. The predicted octanol–water partition coefficient (Wildman–Crippen LogP) is 0.400. The largest absolute Gasteiger partial charge is 0.513 e. The molecule has 2 aliphatic rings. The fourth-order valence-corrected chi connectivity index (χ4v) is 1.96. The number of aliphatic hydroxyl groups excluding tert-OH is 1. The quantitative estimate of drug-likeness (QED) is 0.244. The van der Waals surface area contributed by atoms with Gasteiger partial charge in [0.25, 0.3) is 0 Å². The molecule has 0 aromatic rings. The lowest BCUT2D eigenvalue weighted by atomic mass is 10.0. The van der Waals surface area contributed by atoms with Gasteiger partial charge in [-0.3, -0.25) is 10.2 Å². The second kappa shape index (κ2) is 9.02. The van der Waals surface area contributed by atoms with Gasteiger partial charge in [-0.15, -0.1) is 0 Å². The number of nitrogens with one attached hydrogen (secondary N) is 1. The number of carboxylic acid groups (broad SMARTS) is 2. The highest BCUT2D eigenvalue weighted by Gasteiger charge is 2.40. The van der Waals surface area contributed by atoms with Crippen molar-refractivity contribution in [2.75, 3.05) is 13.2 Å². The Balaban J connectivity index is 0.000000248. The maximum atomic E-state index is 10.5. The molecule has 130 valence electrons. The topological polar surface area (TPSA) is 173 Å². The van der Waals surface area contributed by atoms with Crippen LogP contribution in [0.2, 0.25) is 0 Å². The predicted molar refractivity (Wildman–Crippen MR) is 70.0 cm³/mol. The minimum Gasteiger partial charge on any atom is -0.449 e. The van der Waals surface area contributed by atoms with E-state index in [1.807, 2.05) is 0 Å². The maximum absolute atomic E-state index is 10.5. The summed E-state index contributed by atoms with van der Waals surface area (Å²) < 4.78 is 17.8. The van der Waals surface area contributed by atoms with E-state index >= 15 is 0 Å². The van der Waals surface area contributed by atoms with Crippen LogP contribution >= 0.6 is 0 Å². The molecule has 0 aromatic heterocycles. The van der Waals surface area contributed by atoms with Crippen molar-refractivity contribution >= 4 is 24.2 Å². The second-order valence-electron chi connectivity index (χ2n) is 4.62. The number of ether oxygens (including phenoxy) is 4. The third-order valence-electron chi connectivity index (χ3n) is 2.98. The van der Waals surface area contributed by atoms with E-state index in [0.29, 0.717) is 6.61 Å². The van der Waals surface area contributed by atoms with E-state index < -0.39 is 30.6 Å². The van der Waals surface area contributed by atoms with E-state index in [4.69, 9.17) is 25.1 Å². The van der Waals surface area contributed by atoms with Gasteiger partial charge in [-0.05, 0) is 6.42 Å². The molecule has 0 aromatic carbocycles. The molecule has 11 nitrogen and oxygen atoms in total. The molecule has 2 heterocycles. The summed E-state index contributed by atoms with van der Waals surface area (Å²) in [5.74, 6) is -1.47. The summed E-state index contributed by atoms with van der Waals surface area (Å²) in [6.45, 7) is 1.20. The van der Waals surface area contributed by atoms with Crippen molar-refractivity contribution in [1.29, 1.82) is 5.41 Å². The average Bonchev–Trinajstić information content (AvgIpc) is 3.02. The van der Waals surface area contributed by atoms with Crippen molar-refractivity contribution in [2.45, 2.75) is 31.7 Å². The lowest BCUT2D eigenvalue weighted by Crippen LogP contribution is -2.18. The number of carbonyl (C=O) groups is 3. The molecule has 2 fully saturated rings. The maximum Gasteiger partial charge on any atom is 0.513 e. The molecule has 23 heavy (non-hydrogen) atoms.